The molecule has 5 heteroatoms. The highest BCUT2D eigenvalue weighted by molar-refractivity contribution is 7.71. The van der Waals surface area contributed by atoms with Crippen LogP contribution in [-0.4, -0.2) is 39.3 Å². The summed E-state index contributed by atoms with van der Waals surface area (Å²) >= 11 is 5.31. The van der Waals surface area contributed by atoms with Gasteiger partial charge >= 0.3 is 0 Å². The standard InChI is InChI=1S/C12H20N4S/c17-12-14-13-11(10-4-5-10)16(12)9-8-15-6-2-1-3-7-15/h10H,1-9H2,(H,14,17). The predicted molar refractivity (Wildman–Crippen MR) is 69.7 cm³/mol. The first-order chi connectivity index (χ1) is 8.34. The predicted octanol–water partition coefficient (Wildman–Crippen LogP) is 2.30. The van der Waals surface area contributed by atoms with Gasteiger partial charge in [-0.2, -0.15) is 5.10 Å². The van der Waals surface area contributed by atoms with E-state index in [1.54, 1.807) is 0 Å². The van der Waals surface area contributed by atoms with Crippen LogP contribution in [0.3, 0.4) is 0 Å². The number of aromatic nitrogens is 3. The molecule has 3 rings (SSSR count). The summed E-state index contributed by atoms with van der Waals surface area (Å²) in [5.41, 5.74) is 0. The Balaban J connectivity index is 1.63. The third-order valence-corrected chi connectivity index (χ3v) is 4.13. The molecule has 1 aromatic rings. The molecule has 94 valence electrons. The summed E-state index contributed by atoms with van der Waals surface area (Å²) < 4.78 is 3.01. The lowest BCUT2D eigenvalue weighted by molar-refractivity contribution is 0.219. The third-order valence-electron chi connectivity index (χ3n) is 3.82. The third kappa shape index (κ3) is 2.60. The fourth-order valence-corrected chi connectivity index (χ4v) is 2.85. The lowest BCUT2D eigenvalue weighted by Crippen LogP contribution is -2.32. The fraction of sp³-hybridized carbons (Fsp3) is 0.833. The van der Waals surface area contributed by atoms with E-state index in [1.165, 1.54) is 51.0 Å². The summed E-state index contributed by atoms with van der Waals surface area (Å²) in [7, 11) is 0. The number of hydrogen-bond donors (Lipinski definition) is 1. The first kappa shape index (κ1) is 11.4. The van der Waals surface area contributed by atoms with E-state index in [-0.39, 0.29) is 0 Å². The Bertz CT molecular complexity index is 426. The van der Waals surface area contributed by atoms with Crippen LogP contribution in [0.5, 0.6) is 0 Å². The summed E-state index contributed by atoms with van der Waals surface area (Å²) in [6, 6.07) is 0. The van der Waals surface area contributed by atoms with Gasteiger partial charge in [0.1, 0.15) is 5.82 Å². The molecular weight excluding hydrogens is 232 g/mol. The molecule has 0 spiro atoms. The molecular formula is C12H20N4S. The maximum Gasteiger partial charge on any atom is 0.195 e. The van der Waals surface area contributed by atoms with Crippen LogP contribution in [0.2, 0.25) is 0 Å². The van der Waals surface area contributed by atoms with E-state index in [0.717, 1.165) is 17.9 Å². The van der Waals surface area contributed by atoms with Crippen LogP contribution in [0, 0.1) is 4.77 Å². The number of piperidine rings is 1. The Labute approximate surface area is 107 Å². The van der Waals surface area contributed by atoms with Crippen molar-refractivity contribution in [1.29, 1.82) is 0 Å². The number of H-pyrrole nitrogens is 1. The van der Waals surface area contributed by atoms with Gasteiger partial charge in [-0.1, -0.05) is 6.42 Å². The molecule has 1 aliphatic heterocycles. The molecule has 0 amide bonds. The zero-order valence-corrected chi connectivity index (χ0v) is 11.0. The van der Waals surface area contributed by atoms with Crippen LogP contribution in [0.25, 0.3) is 0 Å². The first-order valence-corrected chi connectivity index (χ1v) is 7.13. The molecule has 0 radical (unpaired) electrons. The molecule has 2 fully saturated rings. The Kier molecular flexibility index (Phi) is 3.29. The van der Waals surface area contributed by atoms with Gasteiger partial charge in [-0.25, -0.2) is 0 Å². The molecule has 1 saturated heterocycles. The molecule has 4 nitrogen and oxygen atoms in total. The van der Waals surface area contributed by atoms with Crippen molar-refractivity contribution in [3.8, 4) is 0 Å². The van der Waals surface area contributed by atoms with Crippen LogP contribution in [0.15, 0.2) is 0 Å². The molecule has 0 bridgehead atoms. The molecule has 1 aliphatic carbocycles. The van der Waals surface area contributed by atoms with Crippen molar-refractivity contribution in [2.24, 2.45) is 0 Å². The van der Waals surface area contributed by atoms with Crippen molar-refractivity contribution in [3.63, 3.8) is 0 Å². The van der Waals surface area contributed by atoms with E-state index >= 15 is 0 Å². The van der Waals surface area contributed by atoms with Crippen LogP contribution in [0.4, 0.5) is 0 Å². The van der Waals surface area contributed by atoms with Crippen LogP contribution < -0.4 is 0 Å². The summed E-state index contributed by atoms with van der Waals surface area (Å²) in [6.45, 7) is 4.63. The zero-order chi connectivity index (χ0) is 11.7. The largest absolute Gasteiger partial charge is 0.303 e. The highest BCUT2D eigenvalue weighted by Gasteiger charge is 2.29. The van der Waals surface area contributed by atoms with Gasteiger partial charge in [0.25, 0.3) is 0 Å². The number of likely N-dealkylation sites (tertiary alicyclic amines) is 1. The Morgan fingerprint density at radius 2 is 1.94 bits per heavy atom. The van der Waals surface area contributed by atoms with Gasteiger partial charge < -0.3 is 9.47 Å². The SMILES string of the molecule is S=c1[nH]nc(C2CC2)n1CCN1CCCCC1. The van der Waals surface area contributed by atoms with Crippen molar-refractivity contribution in [1.82, 2.24) is 19.7 Å². The summed E-state index contributed by atoms with van der Waals surface area (Å²) in [6.07, 6.45) is 6.67. The molecule has 0 atom stereocenters. The fourth-order valence-electron chi connectivity index (χ4n) is 2.62. The number of nitrogens with one attached hydrogen (secondary N) is 1. The van der Waals surface area contributed by atoms with Gasteiger partial charge in [0, 0.05) is 19.0 Å². The second-order valence-corrected chi connectivity index (χ2v) is 5.60. The van der Waals surface area contributed by atoms with Crippen LogP contribution >= 0.6 is 12.2 Å². The summed E-state index contributed by atoms with van der Waals surface area (Å²) in [5.74, 6) is 1.86. The molecule has 1 saturated carbocycles. The topological polar surface area (TPSA) is 36.9 Å². The van der Waals surface area contributed by atoms with E-state index in [2.05, 4.69) is 19.7 Å². The van der Waals surface area contributed by atoms with Crippen molar-refractivity contribution >= 4 is 12.2 Å². The molecule has 17 heavy (non-hydrogen) atoms. The maximum absolute atomic E-state index is 5.31. The number of hydrogen-bond acceptors (Lipinski definition) is 3. The monoisotopic (exact) mass is 252 g/mol. The highest BCUT2D eigenvalue weighted by atomic mass is 32.1. The Hall–Kier alpha value is -0.680. The molecule has 1 aromatic heterocycles. The Morgan fingerprint density at radius 1 is 1.18 bits per heavy atom. The van der Waals surface area contributed by atoms with E-state index in [9.17, 15) is 0 Å². The molecule has 2 aliphatic rings. The van der Waals surface area contributed by atoms with E-state index in [1.807, 2.05) is 0 Å². The van der Waals surface area contributed by atoms with Gasteiger partial charge in [0.2, 0.25) is 0 Å². The zero-order valence-electron chi connectivity index (χ0n) is 10.2. The van der Waals surface area contributed by atoms with Gasteiger partial charge in [0.15, 0.2) is 4.77 Å². The number of nitrogens with zero attached hydrogens (tertiary/aromatic N) is 3. The number of aromatic amines is 1. The Morgan fingerprint density at radius 3 is 2.65 bits per heavy atom. The number of rotatable bonds is 4. The van der Waals surface area contributed by atoms with E-state index in [0.29, 0.717) is 5.92 Å². The minimum atomic E-state index is 0.671. The van der Waals surface area contributed by atoms with Gasteiger partial charge in [0.05, 0.1) is 0 Å². The summed E-state index contributed by atoms with van der Waals surface area (Å²) in [5, 5.41) is 7.31. The van der Waals surface area contributed by atoms with Crippen LogP contribution in [-0.2, 0) is 6.54 Å². The van der Waals surface area contributed by atoms with Gasteiger partial charge in [-0.05, 0) is 51.0 Å². The lowest BCUT2D eigenvalue weighted by Gasteiger charge is -2.26. The van der Waals surface area contributed by atoms with Crippen molar-refractivity contribution in [3.05, 3.63) is 10.6 Å². The maximum atomic E-state index is 5.31. The van der Waals surface area contributed by atoms with Crippen molar-refractivity contribution in [2.75, 3.05) is 19.6 Å². The van der Waals surface area contributed by atoms with Crippen LogP contribution in [0.1, 0.15) is 43.8 Å². The second kappa shape index (κ2) is 4.90. The molecule has 0 unspecified atom stereocenters. The minimum absolute atomic E-state index is 0.671. The van der Waals surface area contributed by atoms with E-state index < -0.39 is 0 Å². The summed E-state index contributed by atoms with van der Waals surface area (Å²) in [4.78, 5) is 2.55. The smallest absolute Gasteiger partial charge is 0.195 e. The minimum Gasteiger partial charge on any atom is -0.303 e. The van der Waals surface area contributed by atoms with Gasteiger partial charge in [-0.3, -0.25) is 5.10 Å². The average molecular weight is 252 g/mol. The van der Waals surface area contributed by atoms with Gasteiger partial charge in [-0.15, -0.1) is 0 Å². The first-order valence-electron chi connectivity index (χ1n) is 6.72. The quantitative estimate of drug-likeness (QED) is 0.835. The normalized spacial score (nSPS) is 21.9. The van der Waals surface area contributed by atoms with Crippen molar-refractivity contribution < 1.29 is 0 Å². The lowest BCUT2D eigenvalue weighted by atomic mass is 10.1. The highest BCUT2D eigenvalue weighted by Crippen LogP contribution is 2.38. The van der Waals surface area contributed by atoms with Crippen molar-refractivity contribution in [2.45, 2.75) is 44.6 Å². The molecule has 0 aromatic carbocycles. The molecule has 1 N–H and O–H groups in total. The average Bonchev–Trinajstić information content (AvgIpc) is 3.13. The van der Waals surface area contributed by atoms with E-state index in [4.69, 9.17) is 12.2 Å². The second-order valence-electron chi connectivity index (χ2n) is 5.22. The molecule has 2 heterocycles.